The highest BCUT2D eigenvalue weighted by atomic mass is 32.2. The largest absolute Gasteiger partial charge is 0.338 e. The van der Waals surface area contributed by atoms with Crippen LogP contribution in [-0.2, 0) is 17.8 Å². The molecule has 0 radical (unpaired) electrons. The third kappa shape index (κ3) is 4.64. The minimum Gasteiger partial charge on any atom is -0.338 e. The lowest BCUT2D eigenvalue weighted by atomic mass is 10.2. The molecule has 2 aromatic heterocycles. The number of benzene rings is 1. The number of carbonyl (C=O) groups is 1. The van der Waals surface area contributed by atoms with Crippen LogP contribution < -0.4 is 0 Å². The van der Waals surface area contributed by atoms with Crippen molar-refractivity contribution < 1.29 is 4.79 Å². The Morgan fingerprint density at radius 3 is 2.71 bits per heavy atom. The van der Waals surface area contributed by atoms with Gasteiger partial charge in [-0.25, -0.2) is 0 Å². The lowest BCUT2D eigenvalue weighted by Gasteiger charge is -2.20. The maximum atomic E-state index is 12.8. The zero-order chi connectivity index (χ0) is 19.3. The number of hydrogen-bond acceptors (Lipinski definition) is 5. The molecule has 1 amide bonds. The summed E-state index contributed by atoms with van der Waals surface area (Å²) < 4.78 is 2.26. The van der Waals surface area contributed by atoms with Crippen LogP contribution in [0.5, 0.6) is 0 Å². The highest BCUT2D eigenvalue weighted by Crippen LogP contribution is 2.39. The maximum absolute atomic E-state index is 12.8. The lowest BCUT2D eigenvalue weighted by molar-refractivity contribution is -0.128. The molecular formula is C21H24N4OS2. The van der Waals surface area contributed by atoms with E-state index in [1.807, 2.05) is 30.0 Å². The van der Waals surface area contributed by atoms with Crippen molar-refractivity contribution in [3.63, 3.8) is 0 Å². The van der Waals surface area contributed by atoms with E-state index in [1.54, 1.807) is 11.3 Å². The van der Waals surface area contributed by atoms with Gasteiger partial charge in [-0.3, -0.25) is 4.79 Å². The summed E-state index contributed by atoms with van der Waals surface area (Å²) in [5, 5.41) is 11.8. The smallest absolute Gasteiger partial charge is 0.233 e. The summed E-state index contributed by atoms with van der Waals surface area (Å²) in [6.07, 6.45) is 3.16. The van der Waals surface area contributed by atoms with Gasteiger partial charge in [0.25, 0.3) is 0 Å². The molecule has 1 aliphatic rings. The number of thiophene rings is 1. The van der Waals surface area contributed by atoms with Crippen LogP contribution in [0.2, 0.25) is 0 Å². The molecule has 1 aromatic carbocycles. The van der Waals surface area contributed by atoms with Crippen molar-refractivity contribution in [2.45, 2.75) is 43.9 Å². The predicted octanol–water partition coefficient (Wildman–Crippen LogP) is 4.41. The van der Waals surface area contributed by atoms with Crippen molar-refractivity contribution in [2.75, 3.05) is 12.3 Å². The SMILES string of the molecule is CCN(Cc1ccccc1)C(=O)CSc1nnc(Cc2cccs2)n1C1CC1. The molecule has 4 rings (SSSR count). The molecule has 0 atom stereocenters. The number of thioether (sulfide) groups is 1. The van der Waals surface area contributed by atoms with Crippen LogP contribution in [-0.4, -0.2) is 37.9 Å². The van der Waals surface area contributed by atoms with Crippen LogP contribution in [0.25, 0.3) is 0 Å². The molecule has 1 fully saturated rings. The molecule has 0 bridgehead atoms. The summed E-state index contributed by atoms with van der Waals surface area (Å²) in [4.78, 5) is 16.0. The van der Waals surface area contributed by atoms with Crippen LogP contribution in [0.1, 0.15) is 42.1 Å². The van der Waals surface area contributed by atoms with Gasteiger partial charge in [0.05, 0.1) is 5.75 Å². The monoisotopic (exact) mass is 412 g/mol. The van der Waals surface area contributed by atoms with Crippen molar-refractivity contribution in [1.29, 1.82) is 0 Å². The maximum Gasteiger partial charge on any atom is 0.233 e. The first-order chi connectivity index (χ1) is 13.7. The molecule has 0 aliphatic heterocycles. The van der Waals surface area contributed by atoms with E-state index in [9.17, 15) is 4.79 Å². The average molecular weight is 413 g/mol. The minimum absolute atomic E-state index is 0.140. The first-order valence-electron chi connectivity index (χ1n) is 9.65. The zero-order valence-electron chi connectivity index (χ0n) is 16.0. The fraction of sp³-hybridized carbons (Fsp3) is 0.381. The molecule has 146 valence electrons. The molecule has 5 nitrogen and oxygen atoms in total. The van der Waals surface area contributed by atoms with Crippen molar-refractivity contribution in [1.82, 2.24) is 19.7 Å². The van der Waals surface area contributed by atoms with E-state index >= 15 is 0 Å². The Labute approximate surface area is 173 Å². The van der Waals surface area contributed by atoms with Gasteiger partial charge in [0, 0.05) is 30.4 Å². The van der Waals surface area contributed by atoms with Crippen LogP contribution in [0, 0.1) is 0 Å². The highest BCUT2D eigenvalue weighted by Gasteiger charge is 2.30. The number of hydrogen-bond donors (Lipinski definition) is 0. The summed E-state index contributed by atoms with van der Waals surface area (Å²) in [5.41, 5.74) is 1.15. The molecule has 1 aliphatic carbocycles. The van der Waals surface area contributed by atoms with Crippen molar-refractivity contribution in [3.8, 4) is 0 Å². The molecular weight excluding hydrogens is 388 g/mol. The van der Waals surface area contributed by atoms with Crippen molar-refractivity contribution >= 4 is 29.0 Å². The second-order valence-corrected chi connectivity index (χ2v) is 8.91. The van der Waals surface area contributed by atoms with E-state index in [1.165, 1.54) is 29.5 Å². The summed E-state index contributed by atoms with van der Waals surface area (Å²) >= 11 is 3.26. The topological polar surface area (TPSA) is 51.0 Å². The Morgan fingerprint density at radius 1 is 1.21 bits per heavy atom. The van der Waals surface area contributed by atoms with Crippen LogP contribution >= 0.6 is 23.1 Å². The summed E-state index contributed by atoms with van der Waals surface area (Å²) in [5.74, 6) is 1.54. The molecule has 28 heavy (non-hydrogen) atoms. The number of aromatic nitrogens is 3. The van der Waals surface area contributed by atoms with Gasteiger partial charge in [0.1, 0.15) is 5.82 Å². The first-order valence-corrected chi connectivity index (χ1v) is 11.5. The van der Waals surface area contributed by atoms with E-state index in [0.29, 0.717) is 24.9 Å². The standard InChI is InChI=1S/C21H24N4OS2/c1-2-24(14-16-7-4-3-5-8-16)20(26)15-28-21-23-22-19(25(21)17-10-11-17)13-18-9-6-12-27-18/h3-9,12,17H,2,10-11,13-15H2,1H3. The third-order valence-corrected chi connectivity index (χ3v) is 6.64. The Bertz CT molecular complexity index is 904. The Balaban J connectivity index is 1.41. The van der Waals surface area contributed by atoms with Crippen molar-refractivity contribution in [3.05, 3.63) is 64.1 Å². The molecule has 0 saturated heterocycles. The Kier molecular flexibility index (Phi) is 6.12. The molecule has 0 N–H and O–H groups in total. The van der Waals surface area contributed by atoms with Gasteiger partial charge < -0.3 is 9.47 Å². The lowest BCUT2D eigenvalue weighted by Crippen LogP contribution is -2.31. The van der Waals surface area contributed by atoms with Crippen LogP contribution in [0.15, 0.2) is 53.0 Å². The van der Waals surface area contributed by atoms with Gasteiger partial charge >= 0.3 is 0 Å². The molecule has 0 unspecified atom stereocenters. The first kappa shape index (κ1) is 19.2. The Hall–Kier alpha value is -2.12. The van der Waals surface area contributed by atoms with E-state index in [2.05, 4.69) is 44.4 Å². The second-order valence-electron chi connectivity index (χ2n) is 6.94. The molecule has 3 aromatic rings. The number of rotatable bonds is 9. The summed E-state index contributed by atoms with van der Waals surface area (Å²) in [6, 6.07) is 14.8. The van der Waals surface area contributed by atoms with Gasteiger partial charge in [-0.15, -0.1) is 21.5 Å². The van der Waals surface area contributed by atoms with Gasteiger partial charge in [-0.2, -0.15) is 0 Å². The fourth-order valence-electron chi connectivity index (χ4n) is 3.19. The van der Waals surface area contributed by atoms with E-state index in [0.717, 1.165) is 23.0 Å². The van der Waals surface area contributed by atoms with E-state index in [-0.39, 0.29) is 5.91 Å². The van der Waals surface area contributed by atoms with Crippen LogP contribution in [0.3, 0.4) is 0 Å². The van der Waals surface area contributed by atoms with Gasteiger partial charge in [0.2, 0.25) is 5.91 Å². The normalized spacial score (nSPS) is 13.6. The summed E-state index contributed by atoms with van der Waals surface area (Å²) in [7, 11) is 0. The van der Waals surface area contributed by atoms with Gasteiger partial charge in [-0.05, 0) is 36.8 Å². The number of carbonyl (C=O) groups excluding carboxylic acids is 1. The van der Waals surface area contributed by atoms with Crippen molar-refractivity contribution in [2.24, 2.45) is 0 Å². The minimum atomic E-state index is 0.140. The molecule has 0 spiro atoms. The average Bonchev–Trinajstić information content (AvgIpc) is 3.27. The molecule has 2 heterocycles. The molecule has 1 saturated carbocycles. The molecule has 7 heteroatoms. The van der Waals surface area contributed by atoms with Gasteiger partial charge in [0.15, 0.2) is 5.16 Å². The van der Waals surface area contributed by atoms with Crippen LogP contribution in [0.4, 0.5) is 0 Å². The zero-order valence-corrected chi connectivity index (χ0v) is 17.6. The second kappa shape index (κ2) is 8.92. The Morgan fingerprint density at radius 2 is 2.04 bits per heavy atom. The van der Waals surface area contributed by atoms with Gasteiger partial charge in [-0.1, -0.05) is 48.2 Å². The summed E-state index contributed by atoms with van der Waals surface area (Å²) in [6.45, 7) is 3.38. The number of amides is 1. The number of nitrogens with zero attached hydrogens (tertiary/aromatic N) is 4. The quantitative estimate of drug-likeness (QED) is 0.489. The van der Waals surface area contributed by atoms with E-state index in [4.69, 9.17) is 0 Å². The third-order valence-electron chi connectivity index (χ3n) is 4.84. The fourth-order valence-corrected chi connectivity index (χ4v) is 4.82. The van der Waals surface area contributed by atoms with E-state index < -0.39 is 0 Å². The predicted molar refractivity (Wildman–Crippen MR) is 114 cm³/mol. The highest BCUT2D eigenvalue weighted by molar-refractivity contribution is 7.99.